The fourth-order valence-corrected chi connectivity index (χ4v) is 15.0. The standard InChI is InChI=1S/C21H26ClFN3O9P.C18H19ClFN3O3.C11H14ClFN2O3.C9H10ClFN2O5.C7H11Cl2FO.C5H6N2O/c1-12(2)33-18(29)13(3)25-36(31,35-14-7-5-4-6-8-14)32-11-15-17(28)21(22,23)19(34-15)26-10-9-16(27)24-20(26)30;1-3-13-11(2)18(19,20)16(26-13)23-10-9-14(22-17(23)25)21-15(24)12-7-5-4-6-8-12;1-3-7-6(2)11(12,13)9(18-7)15-5-4-8(16)14-10(15)17;10-9(11)6(16)4(3-14)18-7(9)13-2-1-5(15)12-8(13)17;1-3-5-4(2)7(9,10)6(8)11-5;1-4-2-3-6-5(8)7-4/h4-10,12-13,15,17,19,28H,11H2,1-3H3,(H,25,31)(H,24,27,30);4-11,13,16H,3H2,1-2H3,(H,21,22,24,25);4-7,9H,3H2,1-2H3,(H,14,16,17);1-2,4,6-7,14,16H,3H2,(H,12,15,17);4-6H,3H2,1-2H3;2-3H,1H3,(H,6,7,8)/t13-,15+,17+,19+,21+,36-;11-,13-,16-,18-;6-,7-,9-,11-;4-,6-,7-,9-;4-,5-,6?,7-;/m01111./s1. The summed E-state index contributed by atoms with van der Waals surface area (Å²) in [7, 11) is -4.35. The van der Waals surface area contributed by atoms with Gasteiger partial charge in [0, 0.05) is 78.2 Å². The lowest BCUT2D eigenvalue weighted by atomic mass is 9.99. The lowest BCUT2D eigenvalue weighted by molar-refractivity contribution is -0.149. The van der Waals surface area contributed by atoms with Crippen molar-refractivity contribution in [2.24, 2.45) is 17.8 Å². The molecule has 7 aromatic rings. The van der Waals surface area contributed by atoms with Gasteiger partial charge in [-0.1, -0.05) is 148 Å². The smallest absolute Gasteiger partial charge is 0.459 e. The number of amides is 1. The van der Waals surface area contributed by atoms with Crippen LogP contribution in [0.3, 0.4) is 0 Å². The second-order valence-electron chi connectivity index (χ2n) is 27.1. The first kappa shape index (κ1) is 96.3. The van der Waals surface area contributed by atoms with Gasteiger partial charge in [0.05, 0.1) is 37.6 Å². The van der Waals surface area contributed by atoms with Crippen molar-refractivity contribution in [3.63, 3.8) is 0 Å². The zero-order valence-electron chi connectivity index (χ0n) is 63.8. The second-order valence-corrected chi connectivity index (χ2v) is 32.1. The molecule has 22 atom stereocenters. The van der Waals surface area contributed by atoms with E-state index in [0.717, 1.165) is 51.8 Å². The number of nitrogens with one attached hydrogen (secondary N) is 6. The molecule has 0 spiro atoms. The van der Waals surface area contributed by atoms with E-state index in [-0.39, 0.29) is 35.4 Å². The van der Waals surface area contributed by atoms with Crippen LogP contribution in [0.25, 0.3) is 0 Å². The van der Waals surface area contributed by atoms with Gasteiger partial charge in [-0.15, -0.1) is 0 Å². The zero-order chi connectivity index (χ0) is 87.2. The van der Waals surface area contributed by atoms with E-state index in [4.69, 9.17) is 112 Å². The van der Waals surface area contributed by atoms with Crippen molar-refractivity contribution in [2.45, 2.75) is 199 Å². The highest BCUT2D eigenvalue weighted by atomic mass is 35.5. The Hall–Kier alpha value is -7.80. The van der Waals surface area contributed by atoms with Gasteiger partial charge in [0.15, 0.2) is 30.5 Å². The molecule has 5 aromatic heterocycles. The number of esters is 1. The van der Waals surface area contributed by atoms with Gasteiger partial charge in [-0.25, -0.2) is 55.5 Å². The number of anilines is 1. The number of ether oxygens (including phenoxy) is 6. The highest BCUT2D eigenvalue weighted by molar-refractivity contribution is 7.52. The van der Waals surface area contributed by atoms with Gasteiger partial charge in [0.1, 0.15) is 42.0 Å². The minimum Gasteiger partial charge on any atom is -0.462 e. The third kappa shape index (κ3) is 23.9. The molecule has 644 valence electrons. The Morgan fingerprint density at radius 1 is 0.573 bits per heavy atom. The highest BCUT2D eigenvalue weighted by Crippen LogP contribution is 2.52. The molecule has 12 rings (SSSR count). The number of aromatic nitrogens is 10. The molecule has 10 heterocycles. The molecule has 5 aliphatic heterocycles. The van der Waals surface area contributed by atoms with E-state index in [1.165, 1.54) is 43.7 Å². The van der Waals surface area contributed by atoms with Gasteiger partial charge in [-0.3, -0.25) is 61.7 Å². The van der Waals surface area contributed by atoms with E-state index in [1.807, 2.05) is 42.6 Å². The van der Waals surface area contributed by atoms with E-state index >= 15 is 4.39 Å². The zero-order valence-corrected chi connectivity index (χ0v) is 69.2. The summed E-state index contributed by atoms with van der Waals surface area (Å²) in [6, 6.07) is 21.5. The predicted octanol–water partition coefficient (Wildman–Crippen LogP) is 8.23. The third-order valence-electron chi connectivity index (χ3n) is 18.4. The van der Waals surface area contributed by atoms with Crippen LogP contribution >= 0.6 is 77.4 Å². The van der Waals surface area contributed by atoms with Crippen molar-refractivity contribution < 1.29 is 88.9 Å². The van der Waals surface area contributed by atoms with Crippen LogP contribution in [-0.4, -0.2) is 175 Å². The number of hydrogen-bond acceptors (Lipinski definition) is 24. The monoisotopic (exact) mass is 1790 g/mol. The largest absolute Gasteiger partial charge is 0.462 e. The number of para-hydroxylation sites is 1. The number of alkyl halides is 11. The summed E-state index contributed by atoms with van der Waals surface area (Å²) in [4.78, 5) is 131. The first-order valence-corrected chi connectivity index (χ1v) is 39.7. The molecule has 9 N–H and O–H groups in total. The number of carbonyl (C=O) groups excluding carboxylic acids is 2. The molecular formula is C71H86Cl6F5N12O22P. The van der Waals surface area contributed by atoms with Crippen LogP contribution < -0.4 is 60.1 Å². The number of benzene rings is 2. The molecule has 46 heteroatoms. The first-order chi connectivity index (χ1) is 54.7. The fourth-order valence-electron chi connectivity index (χ4n) is 11.8. The van der Waals surface area contributed by atoms with Gasteiger partial charge >= 0.3 is 42.2 Å². The van der Waals surface area contributed by atoms with Crippen molar-refractivity contribution >= 4 is 95.0 Å². The summed E-state index contributed by atoms with van der Waals surface area (Å²) in [6.45, 7) is 15.7. The average molecular weight is 1800 g/mol. The number of aliphatic hydroxyl groups is 3. The van der Waals surface area contributed by atoms with Crippen LogP contribution in [0.15, 0.2) is 160 Å². The molecule has 0 aliphatic carbocycles. The Morgan fingerprint density at radius 3 is 1.36 bits per heavy atom. The van der Waals surface area contributed by atoms with Crippen molar-refractivity contribution in [1.29, 1.82) is 0 Å². The number of carbonyl (C=O) groups is 2. The summed E-state index contributed by atoms with van der Waals surface area (Å²) in [6.07, 6.45) is -6.14. The van der Waals surface area contributed by atoms with Crippen LogP contribution in [0.4, 0.5) is 27.8 Å². The Balaban J connectivity index is 0.000000206. The maximum Gasteiger partial charge on any atom is 0.459 e. The number of aliphatic hydroxyl groups excluding tert-OH is 3. The van der Waals surface area contributed by atoms with E-state index in [2.05, 4.69) is 25.4 Å². The topological polar surface area (TPSA) is 455 Å². The highest BCUT2D eigenvalue weighted by Gasteiger charge is 2.61. The minimum absolute atomic E-state index is 0.0669. The molecule has 5 saturated heterocycles. The van der Waals surface area contributed by atoms with Crippen LogP contribution in [0.1, 0.15) is 123 Å². The molecule has 5 aliphatic rings. The van der Waals surface area contributed by atoms with Crippen molar-refractivity contribution in [1.82, 2.24) is 53.3 Å². The summed E-state index contributed by atoms with van der Waals surface area (Å²) in [5, 5.41) is 21.7. The summed E-state index contributed by atoms with van der Waals surface area (Å²) in [5.74, 6) is -2.40. The number of hydrogen-bond donors (Lipinski definition) is 9. The van der Waals surface area contributed by atoms with Gasteiger partial charge in [0.25, 0.3) is 32.8 Å². The fraction of sp³-hybridized carbons (Fsp3) is 0.521. The molecule has 117 heavy (non-hydrogen) atoms. The van der Waals surface area contributed by atoms with Crippen LogP contribution in [0.5, 0.6) is 5.75 Å². The van der Waals surface area contributed by atoms with E-state index < -0.39 is 183 Å². The Labute approximate surface area is 691 Å². The number of H-pyrrole nitrogens is 4. The van der Waals surface area contributed by atoms with E-state index in [0.29, 0.717) is 27.5 Å². The molecule has 0 radical (unpaired) electrons. The molecule has 0 bridgehead atoms. The van der Waals surface area contributed by atoms with Gasteiger partial charge in [0.2, 0.25) is 15.4 Å². The van der Waals surface area contributed by atoms with Crippen LogP contribution in [0, 0.1) is 24.7 Å². The summed E-state index contributed by atoms with van der Waals surface area (Å²) in [5.41, 5.74) is -5.42. The number of nitrogens with zero attached hydrogens (tertiary/aromatic N) is 6. The lowest BCUT2D eigenvalue weighted by Gasteiger charge is -2.25. The molecule has 0 saturated carbocycles. The number of halogens is 11. The Bertz CT molecular complexity index is 4950. The molecule has 2 aromatic carbocycles. The van der Waals surface area contributed by atoms with Gasteiger partial charge in [-0.05, 0) is 83.4 Å². The molecular weight excluding hydrogens is 1710 g/mol. The lowest BCUT2D eigenvalue weighted by Crippen LogP contribution is -2.42. The quantitative estimate of drug-likeness (QED) is 0.0159. The summed E-state index contributed by atoms with van der Waals surface area (Å²) >= 11 is 34.3. The maximum atomic E-state index is 15.2. The third-order valence-corrected chi connectivity index (χ3v) is 23.0. The number of rotatable bonds is 19. The average Bonchev–Trinajstić information content (AvgIpc) is 1.66. The van der Waals surface area contributed by atoms with Crippen molar-refractivity contribution in [3.05, 3.63) is 217 Å². The molecule has 1 amide bonds. The molecule has 34 nitrogen and oxygen atoms in total. The van der Waals surface area contributed by atoms with Crippen LogP contribution in [-0.2, 0) is 42.3 Å². The van der Waals surface area contributed by atoms with Gasteiger partial charge < -0.3 is 58.6 Å². The first-order valence-electron chi connectivity index (χ1n) is 35.9. The number of aromatic amines is 4. The predicted molar refractivity (Wildman–Crippen MR) is 417 cm³/mol. The van der Waals surface area contributed by atoms with Crippen molar-refractivity contribution in [2.75, 3.05) is 18.5 Å². The maximum absolute atomic E-state index is 15.2. The van der Waals surface area contributed by atoms with E-state index in [1.54, 1.807) is 89.2 Å². The van der Waals surface area contributed by atoms with Crippen LogP contribution in [0.2, 0.25) is 0 Å². The Morgan fingerprint density at radius 2 is 0.983 bits per heavy atom. The minimum atomic E-state index is -4.35. The molecule has 5 fully saturated rings. The van der Waals surface area contributed by atoms with Crippen molar-refractivity contribution in [3.8, 4) is 5.75 Å². The normalized spacial score (nSPS) is 30.9. The Kier molecular flexibility index (Phi) is 33.7. The molecule has 1 unspecified atom stereocenters. The number of aryl methyl sites for hydroxylation is 1. The summed E-state index contributed by atoms with van der Waals surface area (Å²) < 4.78 is 131. The second kappa shape index (κ2) is 41.0. The van der Waals surface area contributed by atoms with Gasteiger partial charge in [-0.2, -0.15) is 10.1 Å². The SMILES string of the molecule is CC(C)OC(=O)[C@H](C)N[P@](=O)(OC[C@H]1O[C@@H](n2ccc(=O)[nH]c2=O)[C@@](F)(Cl)[C@@H]1O)Oc1ccccc1.CC[C@H]1OC(Cl)[C@@](F)(Cl)[C@@H]1C.CC[C@H]1O[C@@H](n2ccc(=O)[nH]c2=O)[C@@](F)(Cl)[C@@H]1C.CC[C@H]1O[C@@H](n2ccc(NC(=O)c3ccccc3)nc2=O)[C@@](F)(Cl)[C@@H]1C.Cc1ccnc(=O)[nH]1.O=c1ccn([C@@H]2O[C@H](CO)[C@@H](O)[C@]2(F)Cl)c(=O)[nH]1. The van der Waals surface area contributed by atoms with E-state index in [9.17, 15) is 80.3 Å².